The van der Waals surface area contributed by atoms with Crippen LogP contribution < -0.4 is 15.2 Å². The molecule has 0 aromatic heterocycles. The highest BCUT2D eigenvalue weighted by atomic mass is 16.5. The summed E-state index contributed by atoms with van der Waals surface area (Å²) >= 11 is 0. The van der Waals surface area contributed by atoms with E-state index in [0.717, 1.165) is 26.1 Å². The van der Waals surface area contributed by atoms with Crippen LogP contribution in [0.5, 0.6) is 11.5 Å². The van der Waals surface area contributed by atoms with Gasteiger partial charge in [-0.15, -0.1) is 0 Å². The summed E-state index contributed by atoms with van der Waals surface area (Å²) in [5.74, 6) is 1.78. The largest absolute Gasteiger partial charge is 0.493 e. The second-order valence-corrected chi connectivity index (χ2v) is 4.72. The molecule has 1 aliphatic heterocycles. The van der Waals surface area contributed by atoms with E-state index in [0.29, 0.717) is 29.6 Å². The zero-order valence-electron chi connectivity index (χ0n) is 11.5. The standard InChI is InChI=1S/C14H20N2O4/c1-18-13-8-11(14(15)16-17)2-3-12(13)20-9-10-4-6-19-7-5-10/h2-3,8,10,17H,4-7,9H2,1H3,(H2,15,16). The smallest absolute Gasteiger partial charge is 0.170 e. The van der Waals surface area contributed by atoms with E-state index in [2.05, 4.69) is 5.16 Å². The number of ether oxygens (including phenoxy) is 3. The van der Waals surface area contributed by atoms with Crippen molar-refractivity contribution >= 4 is 5.84 Å². The number of nitrogens with zero attached hydrogens (tertiary/aromatic N) is 1. The van der Waals surface area contributed by atoms with E-state index in [1.54, 1.807) is 25.3 Å². The summed E-state index contributed by atoms with van der Waals surface area (Å²) in [4.78, 5) is 0. The molecule has 20 heavy (non-hydrogen) atoms. The second-order valence-electron chi connectivity index (χ2n) is 4.72. The summed E-state index contributed by atoms with van der Waals surface area (Å²) in [6.45, 7) is 2.24. The molecule has 2 rings (SSSR count). The van der Waals surface area contributed by atoms with Crippen molar-refractivity contribution in [2.24, 2.45) is 16.8 Å². The van der Waals surface area contributed by atoms with Crippen LogP contribution in [0.3, 0.4) is 0 Å². The molecule has 110 valence electrons. The molecular formula is C14H20N2O4. The van der Waals surface area contributed by atoms with Crippen molar-refractivity contribution in [1.29, 1.82) is 0 Å². The number of oxime groups is 1. The Kier molecular flexibility index (Phi) is 5.06. The van der Waals surface area contributed by atoms with Gasteiger partial charge in [-0.3, -0.25) is 0 Å². The van der Waals surface area contributed by atoms with Crippen molar-refractivity contribution < 1.29 is 19.4 Å². The van der Waals surface area contributed by atoms with Gasteiger partial charge in [0.2, 0.25) is 0 Å². The molecule has 1 aromatic rings. The molecule has 0 aliphatic carbocycles. The first-order valence-electron chi connectivity index (χ1n) is 6.61. The fraction of sp³-hybridized carbons (Fsp3) is 0.500. The Morgan fingerprint density at radius 2 is 2.15 bits per heavy atom. The van der Waals surface area contributed by atoms with Crippen LogP contribution in [0.4, 0.5) is 0 Å². The van der Waals surface area contributed by atoms with Crippen molar-refractivity contribution in [2.45, 2.75) is 12.8 Å². The third-order valence-corrected chi connectivity index (χ3v) is 3.38. The first-order valence-corrected chi connectivity index (χ1v) is 6.61. The molecular weight excluding hydrogens is 260 g/mol. The molecule has 0 amide bonds. The van der Waals surface area contributed by atoms with Gasteiger partial charge in [-0.2, -0.15) is 0 Å². The average molecular weight is 280 g/mol. The van der Waals surface area contributed by atoms with Crippen LogP contribution in [-0.4, -0.2) is 38.0 Å². The minimum absolute atomic E-state index is 0.0410. The van der Waals surface area contributed by atoms with Crippen LogP contribution in [-0.2, 0) is 4.74 Å². The van der Waals surface area contributed by atoms with Gasteiger partial charge in [-0.25, -0.2) is 0 Å². The third-order valence-electron chi connectivity index (χ3n) is 3.38. The molecule has 1 heterocycles. The van der Waals surface area contributed by atoms with Crippen LogP contribution in [0.1, 0.15) is 18.4 Å². The molecule has 0 bridgehead atoms. The first-order chi connectivity index (χ1) is 9.74. The number of hydrogen-bond acceptors (Lipinski definition) is 5. The Morgan fingerprint density at radius 3 is 2.80 bits per heavy atom. The highest BCUT2D eigenvalue weighted by Crippen LogP contribution is 2.29. The predicted octanol–water partition coefficient (Wildman–Crippen LogP) is 1.60. The van der Waals surface area contributed by atoms with E-state index in [-0.39, 0.29) is 5.84 Å². The van der Waals surface area contributed by atoms with Gasteiger partial charge >= 0.3 is 0 Å². The molecule has 0 radical (unpaired) electrons. The van der Waals surface area contributed by atoms with Gasteiger partial charge in [-0.05, 0) is 37.0 Å². The van der Waals surface area contributed by atoms with Crippen LogP contribution in [0, 0.1) is 5.92 Å². The normalized spacial score (nSPS) is 16.9. The van der Waals surface area contributed by atoms with Crippen molar-refractivity contribution in [3.05, 3.63) is 23.8 Å². The van der Waals surface area contributed by atoms with Gasteiger partial charge < -0.3 is 25.2 Å². The second kappa shape index (κ2) is 7.00. The number of methoxy groups -OCH3 is 1. The molecule has 0 saturated carbocycles. The van der Waals surface area contributed by atoms with Gasteiger partial charge in [0.25, 0.3) is 0 Å². The number of rotatable bonds is 5. The minimum atomic E-state index is 0.0410. The summed E-state index contributed by atoms with van der Waals surface area (Å²) in [6.07, 6.45) is 2.04. The number of nitrogens with two attached hydrogens (primary N) is 1. The summed E-state index contributed by atoms with van der Waals surface area (Å²) in [6, 6.07) is 5.19. The highest BCUT2D eigenvalue weighted by molar-refractivity contribution is 5.97. The average Bonchev–Trinajstić information content (AvgIpc) is 2.53. The number of benzene rings is 1. The van der Waals surface area contributed by atoms with Gasteiger partial charge in [0, 0.05) is 18.8 Å². The Hall–Kier alpha value is -1.95. The Balaban J connectivity index is 2.03. The molecule has 6 nitrogen and oxygen atoms in total. The first kappa shape index (κ1) is 14.5. The zero-order chi connectivity index (χ0) is 14.4. The van der Waals surface area contributed by atoms with Crippen molar-refractivity contribution in [3.63, 3.8) is 0 Å². The molecule has 0 spiro atoms. The molecule has 1 aromatic carbocycles. The van der Waals surface area contributed by atoms with E-state index in [9.17, 15) is 0 Å². The van der Waals surface area contributed by atoms with Gasteiger partial charge in [0.05, 0.1) is 13.7 Å². The Bertz CT molecular complexity index is 470. The Labute approximate surface area is 118 Å². The van der Waals surface area contributed by atoms with E-state index >= 15 is 0 Å². The SMILES string of the molecule is COc1cc(C(N)=NO)ccc1OCC1CCOCC1. The molecule has 3 N–H and O–H groups in total. The summed E-state index contributed by atoms with van der Waals surface area (Å²) < 4.78 is 16.4. The van der Waals surface area contributed by atoms with E-state index < -0.39 is 0 Å². The monoisotopic (exact) mass is 280 g/mol. The lowest BCUT2D eigenvalue weighted by Gasteiger charge is -2.22. The van der Waals surface area contributed by atoms with Crippen LogP contribution in [0.25, 0.3) is 0 Å². The van der Waals surface area contributed by atoms with Gasteiger partial charge in [0.1, 0.15) is 0 Å². The summed E-state index contributed by atoms with van der Waals surface area (Å²) in [7, 11) is 1.56. The van der Waals surface area contributed by atoms with Crippen LogP contribution >= 0.6 is 0 Å². The third kappa shape index (κ3) is 3.54. The lowest BCUT2D eigenvalue weighted by Crippen LogP contribution is -2.21. The van der Waals surface area contributed by atoms with E-state index in [1.807, 2.05) is 0 Å². The zero-order valence-corrected chi connectivity index (χ0v) is 11.5. The van der Waals surface area contributed by atoms with Gasteiger partial charge in [0.15, 0.2) is 17.3 Å². The number of amidine groups is 1. The molecule has 1 fully saturated rings. The minimum Gasteiger partial charge on any atom is -0.493 e. The fourth-order valence-corrected chi connectivity index (χ4v) is 2.12. The lowest BCUT2D eigenvalue weighted by molar-refractivity contribution is 0.0493. The molecule has 6 heteroatoms. The summed E-state index contributed by atoms with van der Waals surface area (Å²) in [5.41, 5.74) is 6.13. The number of hydrogen-bond donors (Lipinski definition) is 2. The summed E-state index contributed by atoms with van der Waals surface area (Å²) in [5, 5.41) is 11.6. The molecule has 0 atom stereocenters. The maximum atomic E-state index is 8.67. The van der Waals surface area contributed by atoms with Gasteiger partial charge in [-0.1, -0.05) is 5.16 Å². The molecule has 1 aliphatic rings. The maximum absolute atomic E-state index is 8.67. The van der Waals surface area contributed by atoms with Crippen LogP contribution in [0.2, 0.25) is 0 Å². The predicted molar refractivity (Wildman–Crippen MR) is 74.5 cm³/mol. The van der Waals surface area contributed by atoms with Crippen molar-refractivity contribution in [2.75, 3.05) is 26.9 Å². The van der Waals surface area contributed by atoms with Crippen molar-refractivity contribution in [3.8, 4) is 11.5 Å². The maximum Gasteiger partial charge on any atom is 0.170 e. The van der Waals surface area contributed by atoms with Crippen LogP contribution in [0.15, 0.2) is 23.4 Å². The quantitative estimate of drug-likeness (QED) is 0.370. The van der Waals surface area contributed by atoms with Crippen molar-refractivity contribution in [1.82, 2.24) is 0 Å². The lowest BCUT2D eigenvalue weighted by atomic mass is 10.0. The highest BCUT2D eigenvalue weighted by Gasteiger charge is 2.16. The van der Waals surface area contributed by atoms with E-state index in [4.69, 9.17) is 25.2 Å². The Morgan fingerprint density at radius 1 is 1.40 bits per heavy atom. The molecule has 0 unspecified atom stereocenters. The molecule has 1 saturated heterocycles. The van der Waals surface area contributed by atoms with E-state index in [1.165, 1.54) is 0 Å². The topological polar surface area (TPSA) is 86.3 Å². The fourth-order valence-electron chi connectivity index (χ4n) is 2.12.